The number of hydrogen-bond acceptors (Lipinski definition) is 5. The third-order valence-corrected chi connectivity index (χ3v) is 2.97. The second-order valence-corrected chi connectivity index (χ2v) is 4.11. The number of rotatable bonds is 4. The number of nitrogens with zero attached hydrogens (tertiary/aromatic N) is 3. The molecule has 1 atom stereocenters. The Morgan fingerprint density at radius 1 is 1.56 bits per heavy atom. The molecule has 0 spiro atoms. The van der Waals surface area contributed by atoms with Crippen molar-refractivity contribution in [2.45, 2.75) is 6.04 Å². The minimum Gasteiger partial charge on any atom is -0.481 e. The minimum absolute atomic E-state index is 0.339. The summed E-state index contributed by atoms with van der Waals surface area (Å²) in [5.74, 6) is 6.12. The summed E-state index contributed by atoms with van der Waals surface area (Å²) in [5, 5.41) is 4.63. The van der Waals surface area contributed by atoms with Crippen molar-refractivity contribution in [3.8, 4) is 5.88 Å². The zero-order valence-corrected chi connectivity index (χ0v) is 10.8. The number of methoxy groups -OCH3 is 1. The summed E-state index contributed by atoms with van der Waals surface area (Å²) in [6.07, 6.45) is 3.23. The zero-order chi connectivity index (χ0) is 13.1. The number of nitrogens with one attached hydrogen (secondary N) is 1. The van der Waals surface area contributed by atoms with Crippen molar-refractivity contribution in [1.29, 1.82) is 0 Å². The van der Waals surface area contributed by atoms with Crippen molar-refractivity contribution >= 4 is 11.6 Å². The van der Waals surface area contributed by atoms with Gasteiger partial charge in [-0.25, -0.2) is 10.4 Å². The van der Waals surface area contributed by atoms with Gasteiger partial charge in [-0.15, -0.1) is 0 Å². The van der Waals surface area contributed by atoms with Crippen LogP contribution in [-0.2, 0) is 7.05 Å². The highest BCUT2D eigenvalue weighted by atomic mass is 35.5. The van der Waals surface area contributed by atoms with E-state index in [9.17, 15) is 0 Å². The molecule has 0 saturated heterocycles. The first-order valence-corrected chi connectivity index (χ1v) is 5.69. The lowest BCUT2D eigenvalue weighted by atomic mass is 10.1. The second-order valence-electron chi connectivity index (χ2n) is 3.70. The average molecular weight is 268 g/mol. The molecule has 2 rings (SSSR count). The summed E-state index contributed by atoms with van der Waals surface area (Å²) in [6, 6.07) is 3.35. The van der Waals surface area contributed by atoms with Gasteiger partial charge in [0.05, 0.1) is 30.1 Å². The maximum atomic E-state index is 6.12. The molecule has 2 aromatic rings. The highest BCUT2D eigenvalue weighted by molar-refractivity contribution is 6.31. The molecule has 0 saturated carbocycles. The van der Waals surface area contributed by atoms with Gasteiger partial charge in [0.1, 0.15) is 0 Å². The van der Waals surface area contributed by atoms with Gasteiger partial charge >= 0.3 is 0 Å². The van der Waals surface area contributed by atoms with Gasteiger partial charge in [0.25, 0.3) is 0 Å². The molecule has 2 heterocycles. The van der Waals surface area contributed by atoms with Gasteiger partial charge in [-0.1, -0.05) is 17.7 Å². The Hall–Kier alpha value is -1.63. The van der Waals surface area contributed by atoms with Gasteiger partial charge in [0.15, 0.2) is 0 Å². The van der Waals surface area contributed by atoms with E-state index >= 15 is 0 Å². The normalized spacial score (nSPS) is 12.4. The van der Waals surface area contributed by atoms with Crippen LogP contribution >= 0.6 is 11.6 Å². The number of aromatic nitrogens is 3. The Kier molecular flexibility index (Phi) is 3.81. The molecule has 2 aromatic heterocycles. The lowest BCUT2D eigenvalue weighted by Crippen LogP contribution is -2.31. The number of hydrazine groups is 1. The molecule has 18 heavy (non-hydrogen) atoms. The molecule has 0 aliphatic heterocycles. The highest BCUT2D eigenvalue weighted by Crippen LogP contribution is 2.31. The molecule has 0 aromatic carbocycles. The predicted molar refractivity (Wildman–Crippen MR) is 68.2 cm³/mol. The number of ether oxygens (including phenoxy) is 1. The molecular formula is C11H14ClN5O. The van der Waals surface area contributed by atoms with Crippen molar-refractivity contribution in [2.24, 2.45) is 12.9 Å². The maximum absolute atomic E-state index is 6.12. The van der Waals surface area contributed by atoms with Crippen LogP contribution < -0.4 is 16.0 Å². The van der Waals surface area contributed by atoms with E-state index in [-0.39, 0.29) is 6.04 Å². The Labute approximate surface area is 110 Å². The van der Waals surface area contributed by atoms with Gasteiger partial charge in [-0.2, -0.15) is 5.10 Å². The Balaban J connectivity index is 2.52. The molecule has 3 N–H and O–H groups in total. The lowest BCUT2D eigenvalue weighted by molar-refractivity contribution is 0.386. The molecule has 0 bridgehead atoms. The fraction of sp³-hybridized carbons (Fsp3) is 0.273. The summed E-state index contributed by atoms with van der Waals surface area (Å²) >= 11 is 6.12. The molecule has 7 heteroatoms. The topological polar surface area (TPSA) is 78.0 Å². The smallest absolute Gasteiger partial charge is 0.218 e. The number of nitrogens with two attached hydrogens (primary N) is 1. The molecule has 0 amide bonds. The first kappa shape index (κ1) is 12.8. The number of pyridine rings is 1. The van der Waals surface area contributed by atoms with Crippen molar-refractivity contribution < 1.29 is 4.74 Å². The van der Waals surface area contributed by atoms with Gasteiger partial charge in [-0.05, 0) is 6.07 Å². The van der Waals surface area contributed by atoms with E-state index in [1.807, 2.05) is 12.1 Å². The van der Waals surface area contributed by atoms with Crippen molar-refractivity contribution in [1.82, 2.24) is 20.2 Å². The molecule has 0 aliphatic rings. The second kappa shape index (κ2) is 5.34. The zero-order valence-electron chi connectivity index (χ0n) is 10.1. The third-order valence-electron chi connectivity index (χ3n) is 2.68. The summed E-state index contributed by atoms with van der Waals surface area (Å²) in [7, 11) is 3.36. The van der Waals surface area contributed by atoms with Crippen LogP contribution in [0.25, 0.3) is 0 Å². The molecule has 0 radical (unpaired) electrons. The van der Waals surface area contributed by atoms with Gasteiger partial charge in [0.2, 0.25) is 5.88 Å². The summed E-state index contributed by atoms with van der Waals surface area (Å²) in [6.45, 7) is 0. The minimum atomic E-state index is -0.339. The Bertz CT molecular complexity index is 522. The fourth-order valence-electron chi connectivity index (χ4n) is 1.85. The van der Waals surface area contributed by atoms with E-state index in [0.717, 1.165) is 11.3 Å². The van der Waals surface area contributed by atoms with E-state index in [4.69, 9.17) is 22.2 Å². The first-order chi connectivity index (χ1) is 8.69. The molecule has 1 unspecified atom stereocenters. The number of aryl methyl sites for hydroxylation is 1. The molecule has 96 valence electrons. The third kappa shape index (κ3) is 2.17. The fourth-order valence-corrected chi connectivity index (χ4v) is 2.13. The SMILES string of the molecule is COc1ncccc1C(NN)c1c(Cl)cnn1C. The molecular weight excluding hydrogens is 254 g/mol. The van der Waals surface area contributed by atoms with E-state index in [1.54, 1.807) is 31.2 Å². The average Bonchev–Trinajstić information content (AvgIpc) is 2.72. The van der Waals surface area contributed by atoms with Crippen LogP contribution in [0.1, 0.15) is 17.3 Å². The summed E-state index contributed by atoms with van der Waals surface area (Å²) in [4.78, 5) is 4.14. The van der Waals surface area contributed by atoms with Gasteiger partial charge in [0, 0.05) is 18.8 Å². The van der Waals surface area contributed by atoms with E-state index in [1.165, 1.54) is 0 Å². The van der Waals surface area contributed by atoms with Crippen LogP contribution in [0.2, 0.25) is 5.02 Å². The number of hydrogen-bond donors (Lipinski definition) is 2. The van der Waals surface area contributed by atoms with E-state index in [2.05, 4.69) is 15.5 Å². The van der Waals surface area contributed by atoms with Crippen LogP contribution in [0.3, 0.4) is 0 Å². The largest absolute Gasteiger partial charge is 0.481 e. The van der Waals surface area contributed by atoms with Crippen LogP contribution in [0.5, 0.6) is 5.88 Å². The standard InChI is InChI=1S/C11H14ClN5O/c1-17-10(8(12)6-15-17)9(16-13)7-4-3-5-14-11(7)18-2/h3-6,9,16H,13H2,1-2H3. The van der Waals surface area contributed by atoms with Crippen LogP contribution in [-0.4, -0.2) is 21.9 Å². The molecule has 0 fully saturated rings. The summed E-state index contributed by atoms with van der Waals surface area (Å²) in [5.41, 5.74) is 4.27. The quantitative estimate of drug-likeness (QED) is 0.639. The number of halogens is 1. The maximum Gasteiger partial charge on any atom is 0.218 e. The van der Waals surface area contributed by atoms with Crippen molar-refractivity contribution in [3.05, 3.63) is 40.8 Å². The van der Waals surface area contributed by atoms with E-state index < -0.39 is 0 Å². The van der Waals surface area contributed by atoms with Crippen molar-refractivity contribution in [3.63, 3.8) is 0 Å². The van der Waals surface area contributed by atoms with E-state index in [0.29, 0.717) is 10.9 Å². The first-order valence-electron chi connectivity index (χ1n) is 5.31. The van der Waals surface area contributed by atoms with Gasteiger partial charge in [-0.3, -0.25) is 10.5 Å². The van der Waals surface area contributed by atoms with Crippen molar-refractivity contribution in [2.75, 3.05) is 7.11 Å². The van der Waals surface area contributed by atoms with Gasteiger partial charge < -0.3 is 4.74 Å². The lowest BCUT2D eigenvalue weighted by Gasteiger charge is -2.18. The molecule has 6 nitrogen and oxygen atoms in total. The summed E-state index contributed by atoms with van der Waals surface area (Å²) < 4.78 is 6.89. The van der Waals surface area contributed by atoms with Crippen LogP contribution in [0.15, 0.2) is 24.5 Å². The highest BCUT2D eigenvalue weighted by Gasteiger charge is 2.23. The molecule has 0 aliphatic carbocycles. The predicted octanol–water partition coefficient (Wildman–Crippen LogP) is 1.03. The Morgan fingerprint density at radius 3 is 2.89 bits per heavy atom. The monoisotopic (exact) mass is 267 g/mol. The van der Waals surface area contributed by atoms with Crippen LogP contribution in [0, 0.1) is 0 Å². The van der Waals surface area contributed by atoms with Crippen LogP contribution in [0.4, 0.5) is 0 Å². The Morgan fingerprint density at radius 2 is 2.33 bits per heavy atom.